The molecule has 0 radical (unpaired) electrons. The molecule has 0 aliphatic carbocycles. The smallest absolute Gasteiger partial charge is 0.286 e. The van der Waals surface area contributed by atoms with Crippen molar-refractivity contribution < 1.29 is 13.2 Å². The van der Waals surface area contributed by atoms with Gasteiger partial charge in [-0.3, -0.25) is 5.10 Å². The van der Waals surface area contributed by atoms with E-state index in [2.05, 4.69) is 29.8 Å². The van der Waals surface area contributed by atoms with Crippen molar-refractivity contribution in [1.29, 1.82) is 0 Å². The highest BCUT2D eigenvalue weighted by atomic mass is 28.3. The Hall–Kier alpha value is -1.30. The lowest BCUT2D eigenvalue weighted by Gasteiger charge is -2.14. The molecule has 0 aliphatic rings. The van der Waals surface area contributed by atoms with Gasteiger partial charge in [-0.2, -0.15) is 18.3 Å². The predicted octanol–water partition coefficient (Wildman–Crippen LogP) is 3.13. The Morgan fingerprint density at radius 3 is 2.35 bits per heavy atom. The molecule has 0 bridgehead atoms. The number of nitrogens with one attached hydrogen (secondary N) is 1. The molecule has 0 atom stereocenters. The SMILES string of the molecule is C[Si](C)(C)c1[nH]nc2ccc(C(F)(F)F)cc12. The van der Waals surface area contributed by atoms with Gasteiger partial charge in [-0.1, -0.05) is 19.6 Å². The van der Waals surface area contributed by atoms with Crippen LogP contribution in [-0.2, 0) is 6.18 Å². The zero-order valence-corrected chi connectivity index (χ0v) is 10.8. The molecule has 1 aromatic heterocycles. The second kappa shape index (κ2) is 3.59. The minimum Gasteiger partial charge on any atom is -0.286 e. The number of benzene rings is 1. The summed E-state index contributed by atoms with van der Waals surface area (Å²) in [6.45, 7) is 6.21. The van der Waals surface area contributed by atoms with Crippen molar-refractivity contribution in [2.45, 2.75) is 25.8 Å². The molecule has 0 saturated heterocycles. The standard InChI is InChI=1S/C11H13F3N2Si/c1-17(2,3)10-8-6-7(11(12,13)14)4-5-9(8)15-16-10/h4-6H,1-3H3,(H,15,16). The van der Waals surface area contributed by atoms with Gasteiger partial charge in [0.1, 0.15) is 8.07 Å². The van der Waals surface area contributed by atoms with Crippen molar-refractivity contribution in [2.24, 2.45) is 0 Å². The molecule has 2 nitrogen and oxygen atoms in total. The van der Waals surface area contributed by atoms with E-state index >= 15 is 0 Å². The summed E-state index contributed by atoms with van der Waals surface area (Å²) in [5.41, 5.74) is -0.0266. The monoisotopic (exact) mass is 258 g/mol. The van der Waals surface area contributed by atoms with Crippen LogP contribution in [0, 0.1) is 0 Å². The molecule has 2 rings (SSSR count). The first-order valence-corrected chi connectivity index (χ1v) is 8.75. The number of alkyl halides is 3. The molecule has 2 aromatic rings. The molecule has 1 N–H and O–H groups in total. The zero-order valence-electron chi connectivity index (χ0n) is 9.81. The van der Waals surface area contributed by atoms with Gasteiger partial charge < -0.3 is 0 Å². The Morgan fingerprint density at radius 2 is 1.82 bits per heavy atom. The third-order valence-corrected chi connectivity index (χ3v) is 4.51. The van der Waals surface area contributed by atoms with Gasteiger partial charge in [-0.05, 0) is 18.2 Å². The topological polar surface area (TPSA) is 28.7 Å². The Kier molecular flexibility index (Phi) is 2.57. The number of halogens is 3. The predicted molar refractivity (Wildman–Crippen MR) is 64.1 cm³/mol. The van der Waals surface area contributed by atoms with E-state index in [4.69, 9.17) is 0 Å². The number of hydrogen-bond acceptors (Lipinski definition) is 1. The number of H-pyrrole nitrogens is 1. The maximum absolute atomic E-state index is 12.6. The molecule has 0 fully saturated rings. The van der Waals surface area contributed by atoms with Crippen LogP contribution in [0.2, 0.25) is 19.6 Å². The van der Waals surface area contributed by atoms with Crippen molar-refractivity contribution in [2.75, 3.05) is 0 Å². The van der Waals surface area contributed by atoms with Crippen molar-refractivity contribution >= 4 is 24.3 Å². The van der Waals surface area contributed by atoms with Crippen molar-refractivity contribution in [1.82, 2.24) is 10.2 Å². The highest BCUT2D eigenvalue weighted by molar-refractivity contribution is 6.89. The summed E-state index contributed by atoms with van der Waals surface area (Å²) in [6, 6.07) is 3.67. The molecular formula is C11H13F3N2Si. The number of hydrogen-bond donors (Lipinski definition) is 1. The van der Waals surface area contributed by atoms with Gasteiger partial charge in [0, 0.05) is 10.7 Å². The normalized spacial score (nSPS) is 13.3. The number of rotatable bonds is 1. The molecule has 17 heavy (non-hydrogen) atoms. The van der Waals surface area contributed by atoms with E-state index in [0.29, 0.717) is 10.9 Å². The van der Waals surface area contributed by atoms with Crippen molar-refractivity contribution in [3.8, 4) is 0 Å². The second-order valence-electron chi connectivity index (χ2n) is 5.08. The Bertz CT molecular complexity index is 552. The fourth-order valence-corrected chi connectivity index (χ4v) is 3.16. The van der Waals surface area contributed by atoms with Gasteiger partial charge in [0.05, 0.1) is 11.1 Å². The van der Waals surface area contributed by atoms with E-state index in [1.165, 1.54) is 12.1 Å². The third-order valence-electron chi connectivity index (χ3n) is 2.63. The van der Waals surface area contributed by atoms with Gasteiger partial charge in [0.15, 0.2) is 0 Å². The number of aromatic amines is 1. The van der Waals surface area contributed by atoms with E-state index in [1.807, 2.05) is 0 Å². The minimum absolute atomic E-state index is 0.593. The fraction of sp³-hybridized carbons (Fsp3) is 0.364. The Balaban J connectivity index is 2.67. The van der Waals surface area contributed by atoms with E-state index < -0.39 is 19.8 Å². The molecule has 0 saturated carbocycles. The molecule has 92 valence electrons. The van der Waals surface area contributed by atoms with Gasteiger partial charge in [-0.15, -0.1) is 0 Å². The summed E-state index contributed by atoms with van der Waals surface area (Å²) in [5, 5.41) is 8.38. The van der Waals surface area contributed by atoms with Crippen LogP contribution in [0.5, 0.6) is 0 Å². The van der Waals surface area contributed by atoms with Gasteiger partial charge in [0.2, 0.25) is 0 Å². The van der Waals surface area contributed by atoms with Crippen LogP contribution in [0.1, 0.15) is 5.56 Å². The quantitative estimate of drug-likeness (QED) is 0.782. The number of fused-ring (bicyclic) bond motifs is 1. The largest absolute Gasteiger partial charge is 0.416 e. The summed E-state index contributed by atoms with van der Waals surface area (Å²) in [6.07, 6.45) is -4.30. The minimum atomic E-state index is -4.30. The lowest BCUT2D eigenvalue weighted by molar-refractivity contribution is -0.137. The summed E-state index contributed by atoms with van der Waals surface area (Å²) in [5.74, 6) is 0. The molecule has 0 amide bonds. The highest BCUT2D eigenvalue weighted by Crippen LogP contribution is 2.30. The lowest BCUT2D eigenvalue weighted by atomic mass is 10.1. The Labute approximate surface area is 97.8 Å². The van der Waals surface area contributed by atoms with Crippen molar-refractivity contribution in [3.63, 3.8) is 0 Å². The maximum Gasteiger partial charge on any atom is 0.416 e. The molecular weight excluding hydrogens is 245 g/mol. The Morgan fingerprint density at radius 1 is 1.18 bits per heavy atom. The van der Waals surface area contributed by atoms with Crippen LogP contribution in [0.25, 0.3) is 10.9 Å². The molecule has 0 unspecified atom stereocenters. The molecule has 1 aromatic carbocycles. The zero-order chi connectivity index (χ0) is 12.8. The summed E-state index contributed by atoms with van der Waals surface area (Å²) < 4.78 is 37.9. The fourth-order valence-electron chi connectivity index (χ4n) is 1.76. The lowest BCUT2D eigenvalue weighted by Crippen LogP contribution is -2.39. The maximum atomic E-state index is 12.6. The van der Waals surface area contributed by atoms with E-state index in [9.17, 15) is 13.2 Å². The van der Waals surface area contributed by atoms with E-state index in [0.717, 1.165) is 11.4 Å². The second-order valence-corrected chi connectivity index (χ2v) is 10.1. The average Bonchev–Trinajstić information content (AvgIpc) is 2.57. The van der Waals surface area contributed by atoms with Crippen molar-refractivity contribution in [3.05, 3.63) is 23.8 Å². The van der Waals surface area contributed by atoms with Crippen LogP contribution in [-0.4, -0.2) is 18.3 Å². The first kappa shape index (κ1) is 12.2. The first-order chi connectivity index (χ1) is 7.69. The number of aromatic nitrogens is 2. The first-order valence-electron chi connectivity index (χ1n) is 5.25. The average molecular weight is 258 g/mol. The van der Waals surface area contributed by atoms with Crippen LogP contribution < -0.4 is 5.32 Å². The number of nitrogens with zero attached hydrogens (tertiary/aromatic N) is 1. The van der Waals surface area contributed by atoms with E-state index in [1.54, 1.807) is 0 Å². The van der Waals surface area contributed by atoms with E-state index in [-0.39, 0.29) is 0 Å². The van der Waals surface area contributed by atoms with Gasteiger partial charge >= 0.3 is 6.18 Å². The highest BCUT2D eigenvalue weighted by Gasteiger charge is 2.31. The molecule has 6 heteroatoms. The summed E-state index contributed by atoms with van der Waals surface area (Å²) in [4.78, 5) is 0. The molecule has 1 heterocycles. The van der Waals surface area contributed by atoms with Crippen LogP contribution in [0.4, 0.5) is 13.2 Å². The summed E-state index contributed by atoms with van der Waals surface area (Å²) in [7, 11) is -1.71. The third kappa shape index (κ3) is 2.22. The van der Waals surface area contributed by atoms with Crippen LogP contribution in [0.3, 0.4) is 0 Å². The molecule has 0 aliphatic heterocycles. The van der Waals surface area contributed by atoms with Crippen LogP contribution >= 0.6 is 0 Å². The van der Waals surface area contributed by atoms with Gasteiger partial charge in [-0.25, -0.2) is 0 Å². The summed E-state index contributed by atoms with van der Waals surface area (Å²) >= 11 is 0. The van der Waals surface area contributed by atoms with Gasteiger partial charge in [0.25, 0.3) is 0 Å². The van der Waals surface area contributed by atoms with Crippen LogP contribution in [0.15, 0.2) is 18.2 Å². The molecule has 0 spiro atoms.